The second-order valence-corrected chi connectivity index (χ2v) is 9.04. The first kappa shape index (κ1) is 22.8. The van der Waals surface area contributed by atoms with Gasteiger partial charge in [0.05, 0.1) is 0 Å². The maximum Gasteiger partial charge on any atom is 0.156 e. The molecule has 0 heterocycles. The average Bonchev–Trinajstić information content (AvgIpc) is 2.77. The summed E-state index contributed by atoms with van der Waals surface area (Å²) in [5.41, 5.74) is 1.35. The van der Waals surface area contributed by atoms with E-state index in [1.165, 1.54) is 5.57 Å². The molecular formula is C19H24Ac2BrO2-. The molecule has 2 radical (unpaired) electrons. The van der Waals surface area contributed by atoms with Crippen molar-refractivity contribution in [3.05, 3.63) is 28.3 Å². The topological polar surface area (TPSA) is 37.3 Å². The molecule has 0 bridgehead atoms. The maximum atomic E-state index is 11.9. The number of rotatable bonds is 0. The predicted molar refractivity (Wildman–Crippen MR) is 89.7 cm³/mol. The molecule has 24 heavy (non-hydrogen) atoms. The fourth-order valence-electron chi connectivity index (χ4n) is 5.86. The van der Waals surface area contributed by atoms with Crippen molar-refractivity contribution in [1.29, 1.82) is 0 Å². The molecule has 126 valence electrons. The Morgan fingerprint density at radius 2 is 1.92 bits per heavy atom. The molecule has 2 nitrogen and oxygen atoms in total. The van der Waals surface area contributed by atoms with Crippen LogP contribution in [-0.2, 0) is 4.79 Å². The molecule has 0 spiro atoms. The van der Waals surface area contributed by atoms with Gasteiger partial charge in [-0.1, -0.05) is 61.0 Å². The maximum absolute atomic E-state index is 11.9. The van der Waals surface area contributed by atoms with Gasteiger partial charge in [-0.15, -0.1) is 5.41 Å². The molecule has 0 aliphatic heterocycles. The number of hydrogen-bond donors (Lipinski definition) is 1. The van der Waals surface area contributed by atoms with Crippen molar-refractivity contribution in [3.63, 3.8) is 0 Å². The number of aliphatic hydroxyl groups excluding tert-OH is 1. The molecule has 4 aliphatic rings. The zero-order valence-corrected chi connectivity index (χ0v) is 25.6. The van der Waals surface area contributed by atoms with Crippen molar-refractivity contribution in [1.82, 2.24) is 0 Å². The average molecular weight is 818 g/mol. The van der Waals surface area contributed by atoms with E-state index in [1.54, 1.807) is 0 Å². The molecule has 5 atom stereocenters. The molecule has 2 saturated carbocycles. The van der Waals surface area contributed by atoms with Crippen molar-refractivity contribution >= 4 is 21.7 Å². The van der Waals surface area contributed by atoms with Crippen LogP contribution < -0.4 is 0 Å². The zero-order chi connectivity index (χ0) is 15.7. The fourth-order valence-corrected chi connectivity index (χ4v) is 6.73. The van der Waals surface area contributed by atoms with E-state index < -0.39 is 0 Å². The van der Waals surface area contributed by atoms with E-state index in [2.05, 4.69) is 35.9 Å². The summed E-state index contributed by atoms with van der Waals surface area (Å²) in [6.45, 7) is 4.62. The van der Waals surface area contributed by atoms with Crippen molar-refractivity contribution < 1.29 is 98.0 Å². The molecule has 0 saturated heterocycles. The van der Waals surface area contributed by atoms with Gasteiger partial charge >= 0.3 is 0 Å². The van der Waals surface area contributed by atoms with Crippen molar-refractivity contribution in [3.8, 4) is 0 Å². The Morgan fingerprint density at radius 1 is 1.21 bits per heavy atom. The van der Waals surface area contributed by atoms with Crippen LogP contribution in [0.15, 0.2) is 22.2 Å². The number of carbonyl (C=O) groups is 1. The van der Waals surface area contributed by atoms with Crippen LogP contribution in [0.4, 0.5) is 0 Å². The summed E-state index contributed by atoms with van der Waals surface area (Å²) in [5, 5.41) is 10.4. The van der Waals surface area contributed by atoms with Crippen LogP contribution in [0.25, 0.3) is 0 Å². The Bertz CT molecular complexity index is 602. The third-order valence-corrected chi connectivity index (χ3v) is 7.99. The van der Waals surface area contributed by atoms with Gasteiger partial charge in [-0.3, -0.25) is 4.79 Å². The summed E-state index contributed by atoms with van der Waals surface area (Å²) in [4.78, 5) is 11.9. The Hall–Kier alpha value is 2.47. The Balaban J connectivity index is 0.00000104. The van der Waals surface area contributed by atoms with Crippen molar-refractivity contribution in [2.24, 2.45) is 28.6 Å². The van der Waals surface area contributed by atoms with Crippen molar-refractivity contribution in [2.45, 2.75) is 52.4 Å². The summed E-state index contributed by atoms with van der Waals surface area (Å²) >= 11 is 3.76. The molecule has 0 amide bonds. The van der Waals surface area contributed by atoms with Gasteiger partial charge in [0.1, 0.15) is 0 Å². The first-order chi connectivity index (χ1) is 10.4. The molecule has 0 aromatic heterocycles. The molecule has 4 rings (SSSR count). The van der Waals surface area contributed by atoms with Crippen LogP contribution >= 0.6 is 15.9 Å². The number of allylic oxidation sites excluding steroid dienone is 4. The number of fused-ring (bicyclic) bond motifs is 5. The van der Waals surface area contributed by atoms with Crippen LogP contribution in [0.2, 0.25) is 0 Å². The second-order valence-electron chi connectivity index (χ2n) is 8.19. The van der Waals surface area contributed by atoms with Gasteiger partial charge in [0, 0.05) is 99.0 Å². The van der Waals surface area contributed by atoms with E-state index in [1.807, 2.05) is 6.08 Å². The van der Waals surface area contributed by atoms with Crippen LogP contribution in [-0.4, -0.2) is 10.9 Å². The minimum Gasteiger partial charge on any atom is -0.562 e. The minimum atomic E-state index is 0. The van der Waals surface area contributed by atoms with Gasteiger partial charge in [-0.05, 0) is 35.3 Å². The van der Waals surface area contributed by atoms with E-state index >= 15 is 0 Å². The number of carbonyl (C=O) groups excluding carboxylic acids is 1. The second kappa shape index (κ2) is 8.07. The van der Waals surface area contributed by atoms with Crippen LogP contribution in [0.1, 0.15) is 52.4 Å². The van der Waals surface area contributed by atoms with E-state index in [0.717, 1.165) is 42.7 Å². The largest absolute Gasteiger partial charge is 0.562 e. The molecule has 2 fully saturated rings. The summed E-state index contributed by atoms with van der Waals surface area (Å²) in [6.07, 6.45) is 10.8. The van der Waals surface area contributed by atoms with Gasteiger partial charge in [-0.2, -0.15) is 12.5 Å². The minimum absolute atomic E-state index is 0. The van der Waals surface area contributed by atoms with E-state index in [4.69, 9.17) is 0 Å². The van der Waals surface area contributed by atoms with E-state index in [0.29, 0.717) is 24.2 Å². The first-order valence-corrected chi connectivity index (χ1v) is 9.33. The molecule has 0 aromatic rings. The van der Waals surface area contributed by atoms with Crippen LogP contribution in [0, 0.1) is 123 Å². The molecule has 4 aliphatic carbocycles. The van der Waals surface area contributed by atoms with Crippen LogP contribution in [0.3, 0.4) is 0 Å². The summed E-state index contributed by atoms with van der Waals surface area (Å²) < 4.78 is 1.12. The van der Waals surface area contributed by atoms with Gasteiger partial charge in [0.15, 0.2) is 5.78 Å². The quantitative estimate of drug-likeness (QED) is 0.353. The van der Waals surface area contributed by atoms with Crippen LogP contribution in [0.5, 0.6) is 0 Å². The van der Waals surface area contributed by atoms with E-state index in [-0.39, 0.29) is 105 Å². The first-order valence-electron chi connectivity index (χ1n) is 8.54. The van der Waals surface area contributed by atoms with Crippen molar-refractivity contribution in [2.75, 3.05) is 0 Å². The van der Waals surface area contributed by atoms with Gasteiger partial charge in [0.2, 0.25) is 0 Å². The molecular weight excluding hydrogens is 794 g/mol. The Labute approximate surface area is 225 Å². The summed E-state index contributed by atoms with van der Waals surface area (Å²) in [7, 11) is 0. The molecule has 1 N–H and O–H groups in total. The fraction of sp³-hybridized carbons (Fsp3) is 0.684. The number of halogens is 1. The number of ketones is 1. The van der Waals surface area contributed by atoms with Gasteiger partial charge in [-0.25, -0.2) is 0 Å². The standard InChI is InChI=1S/C19H24BrO2.2Ac/c1-18-7-5-11(21)9-15(18)16(20)10-12-13-3-4-17(22)19(13,2)8-6-14(12)18;;/h9-10,12-14,22H,3-8H2,1-2H3;;/q-1;;/t12-,13-,14-,18+,19-;;/m0../s1. The third-order valence-electron chi connectivity index (χ3n) is 7.30. The zero-order valence-electron chi connectivity index (χ0n) is 14.5. The molecule has 5 heteroatoms. The monoisotopic (exact) mass is 817 g/mol. The number of hydrogen-bond acceptors (Lipinski definition) is 2. The van der Waals surface area contributed by atoms with Gasteiger partial charge in [0.25, 0.3) is 0 Å². The van der Waals surface area contributed by atoms with Gasteiger partial charge < -0.3 is 5.11 Å². The molecule has 0 unspecified atom stereocenters. The normalized spacial score (nSPS) is 44.2. The van der Waals surface area contributed by atoms with E-state index in [9.17, 15) is 9.90 Å². The predicted octanol–water partition coefficient (Wildman–Crippen LogP) is 4.92. The Morgan fingerprint density at radius 3 is 2.62 bits per heavy atom. The smallest absolute Gasteiger partial charge is 0.156 e. The summed E-state index contributed by atoms with van der Waals surface area (Å²) in [6, 6.07) is 0. The SMILES string of the molecule is C[C@]12CCC(=O)C=C1C(Br)=C[C@@H]1[C@@H]2CC[C@]2(C)[C-](O)CC[C@@H]12.[Ac].[Ac]. The molecule has 0 aromatic carbocycles. The Kier molecular flexibility index (Phi) is 7.66. The summed E-state index contributed by atoms with van der Waals surface area (Å²) in [5.74, 6) is 1.95. The third kappa shape index (κ3) is 3.35. The number of aliphatic hydroxyl groups is 1.